The fraction of sp³-hybridized carbons (Fsp3) is 0.700. The van der Waals surface area contributed by atoms with Crippen molar-refractivity contribution in [1.82, 2.24) is 5.32 Å². The van der Waals surface area contributed by atoms with Gasteiger partial charge in [0.1, 0.15) is 6.04 Å². The topological polar surface area (TPSA) is 136 Å². The second-order valence-electron chi connectivity index (χ2n) is 3.98. The van der Waals surface area contributed by atoms with Gasteiger partial charge in [-0.3, -0.25) is 9.59 Å². The molecule has 17 heavy (non-hydrogen) atoms. The number of hydrogen-bond donors (Lipinski definition) is 4. The van der Waals surface area contributed by atoms with E-state index in [9.17, 15) is 14.4 Å². The fourth-order valence-corrected chi connectivity index (χ4v) is 1.18. The van der Waals surface area contributed by atoms with Crippen molar-refractivity contribution in [2.45, 2.75) is 38.8 Å². The van der Waals surface area contributed by atoms with Crippen LogP contribution < -0.4 is 16.8 Å². The van der Waals surface area contributed by atoms with Gasteiger partial charge in [-0.05, 0) is 5.92 Å². The van der Waals surface area contributed by atoms with Gasteiger partial charge in [-0.25, -0.2) is 4.79 Å². The van der Waals surface area contributed by atoms with Crippen LogP contribution in [0.15, 0.2) is 0 Å². The number of carbonyl (C=O) groups excluding carboxylic acids is 2. The molecule has 0 saturated carbocycles. The lowest BCUT2D eigenvalue weighted by molar-refractivity contribution is -0.143. The number of nitrogens with two attached hydrogens (primary N) is 2. The van der Waals surface area contributed by atoms with Gasteiger partial charge in [0.2, 0.25) is 11.8 Å². The van der Waals surface area contributed by atoms with E-state index in [1.807, 2.05) is 6.92 Å². The number of carbonyl (C=O) groups is 3. The molecule has 6 N–H and O–H groups in total. The van der Waals surface area contributed by atoms with Gasteiger partial charge in [-0.1, -0.05) is 20.3 Å². The molecule has 2 unspecified atom stereocenters. The largest absolute Gasteiger partial charge is 0.480 e. The Kier molecular flexibility index (Phi) is 6.19. The van der Waals surface area contributed by atoms with Crippen LogP contribution in [-0.2, 0) is 14.4 Å². The number of nitrogens with one attached hydrogen (secondary N) is 1. The van der Waals surface area contributed by atoms with Crippen LogP contribution in [0, 0.1) is 5.92 Å². The first-order valence-electron chi connectivity index (χ1n) is 5.36. The van der Waals surface area contributed by atoms with Gasteiger partial charge < -0.3 is 21.9 Å². The molecule has 0 spiro atoms. The van der Waals surface area contributed by atoms with Crippen molar-refractivity contribution in [3.63, 3.8) is 0 Å². The maximum absolute atomic E-state index is 11.6. The van der Waals surface area contributed by atoms with E-state index in [2.05, 4.69) is 5.32 Å². The number of aliphatic carboxylic acids is 1. The molecule has 0 aliphatic rings. The summed E-state index contributed by atoms with van der Waals surface area (Å²) >= 11 is 0. The third-order valence-electron chi connectivity index (χ3n) is 2.58. The molecular weight excluding hydrogens is 226 g/mol. The van der Waals surface area contributed by atoms with E-state index in [1.165, 1.54) is 0 Å². The first-order valence-corrected chi connectivity index (χ1v) is 5.36. The summed E-state index contributed by atoms with van der Waals surface area (Å²) in [6.45, 7) is 3.66. The number of rotatable bonds is 7. The standard InChI is InChI=1S/C10H19N3O4/c1-3-5(2)8(12)9(15)13-6(10(16)17)4-7(11)14/h5-6,8H,3-4,12H2,1-2H3,(H2,11,14)(H,13,15)(H,16,17)/t5?,6?,8-/m0/s1. The zero-order chi connectivity index (χ0) is 13.6. The predicted octanol–water partition coefficient (Wildman–Crippen LogP) is -1.20. The zero-order valence-electron chi connectivity index (χ0n) is 9.97. The van der Waals surface area contributed by atoms with E-state index < -0.39 is 36.3 Å². The molecule has 0 aromatic rings. The third kappa shape index (κ3) is 5.30. The van der Waals surface area contributed by atoms with Crippen molar-refractivity contribution in [1.29, 1.82) is 0 Å². The Hall–Kier alpha value is -1.63. The van der Waals surface area contributed by atoms with E-state index in [0.29, 0.717) is 6.42 Å². The lowest BCUT2D eigenvalue weighted by Gasteiger charge is -2.20. The molecule has 0 aromatic heterocycles. The van der Waals surface area contributed by atoms with Gasteiger partial charge in [0, 0.05) is 0 Å². The first-order chi connectivity index (χ1) is 7.79. The Bertz CT molecular complexity index is 306. The molecule has 0 radical (unpaired) electrons. The maximum atomic E-state index is 11.6. The highest BCUT2D eigenvalue weighted by Crippen LogP contribution is 2.05. The average molecular weight is 245 g/mol. The molecule has 0 fully saturated rings. The molecule has 7 nitrogen and oxygen atoms in total. The Labute approximate surface area is 99.5 Å². The molecule has 0 rings (SSSR count). The van der Waals surface area contributed by atoms with Crippen LogP contribution in [0.4, 0.5) is 0 Å². The van der Waals surface area contributed by atoms with E-state index >= 15 is 0 Å². The van der Waals surface area contributed by atoms with Gasteiger partial charge in [0.25, 0.3) is 0 Å². The molecule has 0 aromatic carbocycles. The molecule has 3 atom stereocenters. The van der Waals surface area contributed by atoms with Crippen LogP contribution in [0.5, 0.6) is 0 Å². The molecule has 0 bridgehead atoms. The monoisotopic (exact) mass is 245 g/mol. The van der Waals surface area contributed by atoms with Crippen LogP contribution in [0.1, 0.15) is 26.7 Å². The van der Waals surface area contributed by atoms with E-state index in [1.54, 1.807) is 6.92 Å². The fourth-order valence-electron chi connectivity index (χ4n) is 1.18. The minimum Gasteiger partial charge on any atom is -0.480 e. The summed E-state index contributed by atoms with van der Waals surface area (Å²) in [6, 6.07) is -2.12. The number of hydrogen-bond acceptors (Lipinski definition) is 4. The van der Waals surface area contributed by atoms with Crippen molar-refractivity contribution in [3.05, 3.63) is 0 Å². The van der Waals surface area contributed by atoms with Gasteiger partial charge in [-0.15, -0.1) is 0 Å². The molecule has 7 heteroatoms. The average Bonchev–Trinajstić information content (AvgIpc) is 2.25. The molecule has 0 aliphatic heterocycles. The Morgan fingerprint density at radius 3 is 2.24 bits per heavy atom. The van der Waals surface area contributed by atoms with Gasteiger partial charge >= 0.3 is 5.97 Å². The lowest BCUT2D eigenvalue weighted by Crippen LogP contribution is -2.51. The first kappa shape index (κ1) is 15.4. The number of carboxylic acids is 1. The number of primary amides is 1. The molecule has 2 amide bonds. The van der Waals surface area contributed by atoms with Gasteiger partial charge in [-0.2, -0.15) is 0 Å². The molecule has 98 valence electrons. The predicted molar refractivity (Wildman–Crippen MR) is 60.8 cm³/mol. The third-order valence-corrected chi connectivity index (χ3v) is 2.58. The van der Waals surface area contributed by atoms with Crippen molar-refractivity contribution in [2.75, 3.05) is 0 Å². The quantitative estimate of drug-likeness (QED) is 0.447. The molecule has 0 aliphatic carbocycles. The molecular formula is C10H19N3O4. The summed E-state index contributed by atoms with van der Waals surface area (Å²) in [5.41, 5.74) is 10.5. The van der Waals surface area contributed by atoms with Crippen LogP contribution in [0.25, 0.3) is 0 Å². The second-order valence-corrected chi connectivity index (χ2v) is 3.98. The minimum absolute atomic E-state index is 0.0713. The SMILES string of the molecule is CCC(C)[C@H](N)C(=O)NC(CC(N)=O)C(=O)O. The van der Waals surface area contributed by atoms with Crippen LogP contribution in [-0.4, -0.2) is 35.0 Å². The summed E-state index contributed by atoms with van der Waals surface area (Å²) in [7, 11) is 0. The summed E-state index contributed by atoms with van der Waals surface area (Å²) in [6.07, 6.45) is 0.246. The number of carboxylic acid groups (broad SMARTS) is 1. The second kappa shape index (κ2) is 6.85. The van der Waals surface area contributed by atoms with Crippen molar-refractivity contribution in [2.24, 2.45) is 17.4 Å². The van der Waals surface area contributed by atoms with Crippen molar-refractivity contribution in [3.8, 4) is 0 Å². The van der Waals surface area contributed by atoms with Crippen LogP contribution in [0.3, 0.4) is 0 Å². The van der Waals surface area contributed by atoms with E-state index in [4.69, 9.17) is 16.6 Å². The molecule has 0 saturated heterocycles. The molecule has 0 heterocycles. The van der Waals surface area contributed by atoms with Crippen LogP contribution in [0.2, 0.25) is 0 Å². The summed E-state index contributed by atoms with van der Waals surface area (Å²) in [5, 5.41) is 11.0. The van der Waals surface area contributed by atoms with E-state index in [0.717, 1.165) is 0 Å². The van der Waals surface area contributed by atoms with Crippen molar-refractivity contribution >= 4 is 17.8 Å². The summed E-state index contributed by atoms with van der Waals surface area (Å²) in [4.78, 5) is 33.0. The number of amides is 2. The van der Waals surface area contributed by atoms with Gasteiger partial charge in [0.15, 0.2) is 0 Å². The summed E-state index contributed by atoms with van der Waals surface area (Å²) in [5.74, 6) is -2.77. The minimum atomic E-state index is -1.32. The van der Waals surface area contributed by atoms with Crippen LogP contribution >= 0.6 is 0 Å². The Morgan fingerprint density at radius 1 is 1.35 bits per heavy atom. The Balaban J connectivity index is 4.50. The highest BCUT2D eigenvalue weighted by atomic mass is 16.4. The highest BCUT2D eigenvalue weighted by molar-refractivity contribution is 5.90. The lowest BCUT2D eigenvalue weighted by atomic mass is 9.99. The zero-order valence-corrected chi connectivity index (χ0v) is 9.97. The highest BCUT2D eigenvalue weighted by Gasteiger charge is 2.26. The van der Waals surface area contributed by atoms with Gasteiger partial charge in [0.05, 0.1) is 12.5 Å². The maximum Gasteiger partial charge on any atom is 0.326 e. The normalized spacial score (nSPS) is 15.7. The summed E-state index contributed by atoms with van der Waals surface area (Å²) < 4.78 is 0. The van der Waals surface area contributed by atoms with E-state index in [-0.39, 0.29) is 5.92 Å². The smallest absolute Gasteiger partial charge is 0.326 e. The van der Waals surface area contributed by atoms with Crippen molar-refractivity contribution < 1.29 is 19.5 Å². The Morgan fingerprint density at radius 2 is 1.88 bits per heavy atom.